The first kappa shape index (κ1) is 17.2. The molecule has 27 heavy (non-hydrogen) atoms. The highest BCUT2D eigenvalue weighted by molar-refractivity contribution is 6.31. The zero-order valence-corrected chi connectivity index (χ0v) is 15.1. The van der Waals surface area contributed by atoms with Crippen LogP contribution >= 0.6 is 11.6 Å². The Balaban J connectivity index is 1.69. The van der Waals surface area contributed by atoms with Crippen molar-refractivity contribution >= 4 is 35.3 Å². The molecule has 0 aliphatic carbocycles. The number of benzene rings is 2. The lowest BCUT2D eigenvalue weighted by atomic mass is 10.1. The average Bonchev–Trinajstić information content (AvgIpc) is 3.20. The van der Waals surface area contributed by atoms with E-state index >= 15 is 0 Å². The zero-order valence-electron chi connectivity index (χ0n) is 14.3. The van der Waals surface area contributed by atoms with Crippen molar-refractivity contribution in [2.24, 2.45) is 0 Å². The van der Waals surface area contributed by atoms with Crippen LogP contribution in [0.2, 0.25) is 5.02 Å². The molecule has 0 radical (unpaired) electrons. The number of ether oxygens (including phenoxy) is 3. The highest BCUT2D eigenvalue weighted by Gasteiger charge is 2.35. The van der Waals surface area contributed by atoms with Crippen LogP contribution in [0.1, 0.15) is 12.5 Å². The molecule has 138 valence electrons. The summed E-state index contributed by atoms with van der Waals surface area (Å²) in [4.78, 5) is 26.1. The van der Waals surface area contributed by atoms with Crippen molar-refractivity contribution in [2.45, 2.75) is 6.92 Å². The second-order valence-electron chi connectivity index (χ2n) is 5.78. The monoisotopic (exact) mass is 386 g/mol. The van der Waals surface area contributed by atoms with Crippen LogP contribution in [0.15, 0.2) is 42.1 Å². The maximum Gasteiger partial charge on any atom is 0.333 e. The number of hydrogen-bond acceptors (Lipinski definition) is 5. The van der Waals surface area contributed by atoms with Gasteiger partial charge in [-0.25, -0.2) is 9.69 Å². The number of fused-ring (bicyclic) bond motifs is 1. The van der Waals surface area contributed by atoms with Crippen molar-refractivity contribution in [3.05, 3.63) is 52.7 Å². The third kappa shape index (κ3) is 3.17. The average molecular weight is 387 g/mol. The SMILES string of the molecule is CCOc1cc2c(cc1C=C1NC(=O)N(c3ccc(Cl)cc3)C1=O)OCO2. The van der Waals surface area contributed by atoms with Crippen LogP contribution in [0, 0.1) is 0 Å². The van der Waals surface area contributed by atoms with Gasteiger partial charge >= 0.3 is 6.03 Å². The Labute approximate surface area is 160 Å². The number of halogens is 1. The lowest BCUT2D eigenvalue weighted by Gasteiger charge is -2.11. The number of nitrogens with one attached hydrogen (secondary N) is 1. The van der Waals surface area contributed by atoms with Gasteiger partial charge in [-0.1, -0.05) is 11.6 Å². The minimum atomic E-state index is -0.535. The molecular formula is C19H15ClN2O5. The number of imide groups is 1. The summed E-state index contributed by atoms with van der Waals surface area (Å²) >= 11 is 5.87. The van der Waals surface area contributed by atoms with E-state index in [-0.39, 0.29) is 12.5 Å². The third-order valence-corrected chi connectivity index (χ3v) is 4.32. The quantitative estimate of drug-likeness (QED) is 0.642. The molecule has 0 atom stereocenters. The van der Waals surface area contributed by atoms with Gasteiger partial charge in [0.1, 0.15) is 11.4 Å². The number of urea groups is 1. The highest BCUT2D eigenvalue weighted by atomic mass is 35.5. The minimum absolute atomic E-state index is 0.126. The van der Waals surface area contributed by atoms with E-state index in [1.54, 1.807) is 42.5 Å². The number of rotatable bonds is 4. The largest absolute Gasteiger partial charge is 0.493 e. The van der Waals surface area contributed by atoms with E-state index in [4.69, 9.17) is 25.8 Å². The van der Waals surface area contributed by atoms with Crippen molar-refractivity contribution in [1.29, 1.82) is 0 Å². The minimum Gasteiger partial charge on any atom is -0.493 e. The van der Waals surface area contributed by atoms with Gasteiger partial charge in [0.05, 0.1) is 12.3 Å². The molecule has 2 aliphatic heterocycles. The zero-order chi connectivity index (χ0) is 19.0. The molecule has 7 nitrogen and oxygen atoms in total. The van der Waals surface area contributed by atoms with Gasteiger partial charge in [0.25, 0.3) is 5.91 Å². The van der Waals surface area contributed by atoms with Crippen molar-refractivity contribution < 1.29 is 23.8 Å². The molecule has 1 N–H and O–H groups in total. The molecule has 4 rings (SSSR count). The van der Waals surface area contributed by atoms with E-state index in [2.05, 4.69) is 5.32 Å². The maximum atomic E-state index is 12.8. The van der Waals surface area contributed by atoms with Gasteiger partial charge in [-0.05, 0) is 43.3 Å². The van der Waals surface area contributed by atoms with Gasteiger partial charge in [0.2, 0.25) is 6.79 Å². The lowest BCUT2D eigenvalue weighted by molar-refractivity contribution is -0.113. The number of amides is 3. The van der Waals surface area contributed by atoms with Crippen LogP contribution in [0.4, 0.5) is 10.5 Å². The van der Waals surface area contributed by atoms with Crippen molar-refractivity contribution in [3.8, 4) is 17.2 Å². The Bertz CT molecular complexity index is 955. The van der Waals surface area contributed by atoms with Crippen LogP contribution in [-0.2, 0) is 4.79 Å². The lowest BCUT2D eigenvalue weighted by Crippen LogP contribution is -2.30. The molecule has 2 aromatic carbocycles. The summed E-state index contributed by atoms with van der Waals surface area (Å²) < 4.78 is 16.4. The first-order valence-electron chi connectivity index (χ1n) is 8.26. The van der Waals surface area contributed by atoms with Crippen molar-refractivity contribution in [1.82, 2.24) is 5.32 Å². The smallest absolute Gasteiger partial charge is 0.333 e. The highest BCUT2D eigenvalue weighted by Crippen LogP contribution is 2.39. The Kier molecular flexibility index (Phi) is 4.37. The Morgan fingerprint density at radius 1 is 1.19 bits per heavy atom. The summed E-state index contributed by atoms with van der Waals surface area (Å²) in [6.45, 7) is 2.42. The van der Waals surface area contributed by atoms with Crippen LogP contribution in [0.25, 0.3) is 6.08 Å². The first-order chi connectivity index (χ1) is 13.1. The predicted molar refractivity (Wildman–Crippen MR) is 99.2 cm³/mol. The molecular weight excluding hydrogens is 372 g/mol. The third-order valence-electron chi connectivity index (χ3n) is 4.07. The molecule has 1 saturated heterocycles. The topological polar surface area (TPSA) is 77.1 Å². The maximum absolute atomic E-state index is 12.8. The van der Waals surface area contributed by atoms with Gasteiger partial charge in [0, 0.05) is 16.7 Å². The van der Waals surface area contributed by atoms with Gasteiger partial charge in [-0.2, -0.15) is 0 Å². The molecule has 8 heteroatoms. The standard InChI is InChI=1S/C19H15ClN2O5/c1-2-25-15-9-17-16(26-10-27-17)8-11(15)7-14-18(23)22(19(24)21-14)13-5-3-12(20)4-6-13/h3-9H,2,10H2,1H3,(H,21,24). The Morgan fingerprint density at radius 3 is 2.59 bits per heavy atom. The molecule has 0 unspecified atom stereocenters. The Morgan fingerprint density at radius 2 is 1.89 bits per heavy atom. The van der Waals surface area contributed by atoms with E-state index in [1.807, 2.05) is 6.92 Å². The molecule has 3 amide bonds. The summed E-state index contributed by atoms with van der Waals surface area (Å²) in [5.41, 5.74) is 1.17. The summed E-state index contributed by atoms with van der Waals surface area (Å²) in [6, 6.07) is 9.33. The molecule has 1 fully saturated rings. The fourth-order valence-electron chi connectivity index (χ4n) is 2.85. The Hall–Kier alpha value is -3.19. The second-order valence-corrected chi connectivity index (χ2v) is 6.22. The fourth-order valence-corrected chi connectivity index (χ4v) is 2.97. The summed E-state index contributed by atoms with van der Waals surface area (Å²) in [5, 5.41) is 3.11. The molecule has 0 spiro atoms. The van der Waals surface area contributed by atoms with Crippen LogP contribution in [-0.4, -0.2) is 25.3 Å². The number of carbonyl (C=O) groups is 2. The number of carbonyl (C=O) groups excluding carboxylic acids is 2. The fraction of sp³-hybridized carbons (Fsp3) is 0.158. The van der Waals surface area contributed by atoms with E-state index in [1.165, 1.54) is 0 Å². The normalized spacial score (nSPS) is 16.8. The number of nitrogens with zero attached hydrogens (tertiary/aromatic N) is 1. The van der Waals surface area contributed by atoms with E-state index in [9.17, 15) is 9.59 Å². The number of hydrogen-bond donors (Lipinski definition) is 1. The van der Waals surface area contributed by atoms with Crippen molar-refractivity contribution in [2.75, 3.05) is 18.3 Å². The molecule has 0 saturated carbocycles. The van der Waals surface area contributed by atoms with E-state index < -0.39 is 11.9 Å². The van der Waals surface area contributed by atoms with Crippen LogP contribution in [0.5, 0.6) is 17.2 Å². The summed E-state index contributed by atoms with van der Waals surface area (Å²) in [6.07, 6.45) is 1.56. The van der Waals surface area contributed by atoms with Gasteiger partial charge in [-0.15, -0.1) is 0 Å². The van der Waals surface area contributed by atoms with Gasteiger partial charge in [-0.3, -0.25) is 4.79 Å². The molecule has 0 aromatic heterocycles. The van der Waals surface area contributed by atoms with Gasteiger partial charge < -0.3 is 19.5 Å². The first-order valence-corrected chi connectivity index (χ1v) is 8.63. The van der Waals surface area contributed by atoms with Crippen LogP contribution < -0.4 is 24.4 Å². The number of anilines is 1. The van der Waals surface area contributed by atoms with Crippen molar-refractivity contribution in [3.63, 3.8) is 0 Å². The molecule has 2 heterocycles. The second kappa shape index (κ2) is 6.85. The molecule has 2 aliphatic rings. The van der Waals surface area contributed by atoms with Gasteiger partial charge in [0.15, 0.2) is 11.5 Å². The molecule has 2 aromatic rings. The summed E-state index contributed by atoms with van der Waals surface area (Å²) in [7, 11) is 0. The van der Waals surface area contributed by atoms with E-state index in [0.29, 0.717) is 40.1 Å². The molecule has 0 bridgehead atoms. The van der Waals surface area contributed by atoms with Crippen LogP contribution in [0.3, 0.4) is 0 Å². The predicted octanol–water partition coefficient (Wildman–Crippen LogP) is 3.56. The summed E-state index contributed by atoms with van der Waals surface area (Å²) in [5.74, 6) is 1.19. The van der Waals surface area contributed by atoms with E-state index in [0.717, 1.165) is 4.90 Å².